The van der Waals surface area contributed by atoms with Crippen molar-refractivity contribution in [3.63, 3.8) is 0 Å². The Kier molecular flexibility index (Phi) is 5.72. The molecule has 1 unspecified atom stereocenters. The lowest BCUT2D eigenvalue weighted by atomic mass is 10.2. The topological polar surface area (TPSA) is 87.7 Å². The molecule has 1 aromatic rings. The molecule has 1 atom stereocenters. The van der Waals surface area contributed by atoms with Gasteiger partial charge in [0.15, 0.2) is 0 Å². The summed E-state index contributed by atoms with van der Waals surface area (Å²) in [6.07, 6.45) is -0.638. The number of ether oxygens (including phenoxy) is 1. The van der Waals surface area contributed by atoms with Crippen molar-refractivity contribution >= 4 is 17.7 Å². The van der Waals surface area contributed by atoms with Gasteiger partial charge in [0, 0.05) is 5.69 Å². The van der Waals surface area contributed by atoms with E-state index in [1.54, 1.807) is 52.0 Å². The van der Waals surface area contributed by atoms with Crippen LogP contribution in [0.4, 0.5) is 10.5 Å². The second-order valence-corrected chi connectivity index (χ2v) is 5.71. The number of rotatable bonds is 4. The maximum Gasteiger partial charge on any atom is 0.408 e. The summed E-state index contributed by atoms with van der Waals surface area (Å²) in [5.41, 5.74) is 0.739. The smallest absolute Gasteiger partial charge is 0.408 e. The second-order valence-electron chi connectivity index (χ2n) is 5.71. The molecular formula is C15H22N2O4. The summed E-state index contributed by atoms with van der Waals surface area (Å²) in [5, 5.41) is 14.1. The van der Waals surface area contributed by atoms with Crippen molar-refractivity contribution in [3.05, 3.63) is 29.8 Å². The van der Waals surface area contributed by atoms with E-state index in [2.05, 4.69) is 10.6 Å². The van der Waals surface area contributed by atoms with Gasteiger partial charge in [0.05, 0.1) is 6.61 Å². The van der Waals surface area contributed by atoms with Crippen molar-refractivity contribution in [1.82, 2.24) is 5.32 Å². The molecule has 0 spiro atoms. The Balaban J connectivity index is 2.52. The van der Waals surface area contributed by atoms with Gasteiger partial charge in [-0.15, -0.1) is 0 Å². The van der Waals surface area contributed by atoms with Crippen LogP contribution in [-0.2, 0) is 16.1 Å². The van der Waals surface area contributed by atoms with E-state index in [0.29, 0.717) is 5.69 Å². The van der Waals surface area contributed by atoms with E-state index < -0.39 is 17.7 Å². The zero-order valence-electron chi connectivity index (χ0n) is 12.8. The summed E-state index contributed by atoms with van der Waals surface area (Å²) in [7, 11) is 0. The van der Waals surface area contributed by atoms with Gasteiger partial charge >= 0.3 is 6.09 Å². The Morgan fingerprint density at radius 1 is 1.24 bits per heavy atom. The molecule has 21 heavy (non-hydrogen) atoms. The van der Waals surface area contributed by atoms with Crippen LogP contribution in [0.15, 0.2) is 24.3 Å². The quantitative estimate of drug-likeness (QED) is 0.793. The summed E-state index contributed by atoms with van der Waals surface area (Å²) in [6.45, 7) is 6.77. The average molecular weight is 294 g/mol. The molecule has 0 saturated carbocycles. The molecular weight excluding hydrogens is 272 g/mol. The molecule has 0 bridgehead atoms. The minimum absolute atomic E-state index is 0.0508. The first-order valence-electron chi connectivity index (χ1n) is 6.71. The fourth-order valence-electron chi connectivity index (χ4n) is 1.49. The number of aliphatic hydroxyl groups excluding tert-OH is 1. The SMILES string of the molecule is CC(NC(=O)OC(C)(C)C)C(=O)Nc1ccc(CO)cc1. The fraction of sp³-hybridized carbons (Fsp3) is 0.467. The Morgan fingerprint density at radius 3 is 2.29 bits per heavy atom. The number of carbonyl (C=O) groups excluding carboxylic acids is 2. The Hall–Kier alpha value is -2.08. The molecule has 0 saturated heterocycles. The summed E-state index contributed by atoms with van der Waals surface area (Å²) in [5.74, 6) is -0.349. The van der Waals surface area contributed by atoms with E-state index in [9.17, 15) is 9.59 Å². The van der Waals surface area contributed by atoms with Crippen LogP contribution >= 0.6 is 0 Å². The van der Waals surface area contributed by atoms with Crippen molar-refractivity contribution in [1.29, 1.82) is 0 Å². The summed E-state index contributed by atoms with van der Waals surface area (Å²) >= 11 is 0. The second kappa shape index (κ2) is 7.08. The maximum absolute atomic E-state index is 11.9. The third kappa shape index (κ3) is 6.27. The van der Waals surface area contributed by atoms with Gasteiger partial charge in [-0.05, 0) is 45.4 Å². The van der Waals surface area contributed by atoms with Crippen LogP contribution in [0.2, 0.25) is 0 Å². The molecule has 0 aromatic heterocycles. The van der Waals surface area contributed by atoms with Crippen molar-refractivity contribution in [2.45, 2.75) is 45.9 Å². The van der Waals surface area contributed by atoms with Crippen LogP contribution in [-0.4, -0.2) is 28.7 Å². The zero-order valence-corrected chi connectivity index (χ0v) is 12.8. The summed E-state index contributed by atoms with van der Waals surface area (Å²) in [4.78, 5) is 23.5. The van der Waals surface area contributed by atoms with Crippen LogP contribution < -0.4 is 10.6 Å². The minimum Gasteiger partial charge on any atom is -0.444 e. The summed E-state index contributed by atoms with van der Waals surface area (Å²) in [6, 6.07) is 6.06. The Bertz CT molecular complexity index is 491. The highest BCUT2D eigenvalue weighted by atomic mass is 16.6. The van der Waals surface area contributed by atoms with Gasteiger partial charge in [0.1, 0.15) is 11.6 Å². The number of hydrogen-bond donors (Lipinski definition) is 3. The first-order chi connectivity index (χ1) is 9.71. The lowest BCUT2D eigenvalue weighted by Gasteiger charge is -2.21. The largest absolute Gasteiger partial charge is 0.444 e. The van der Waals surface area contributed by atoms with Crippen LogP contribution in [0.5, 0.6) is 0 Å². The number of alkyl carbamates (subject to hydrolysis) is 1. The molecule has 3 N–H and O–H groups in total. The molecule has 0 aliphatic rings. The normalized spacial score (nSPS) is 12.4. The average Bonchev–Trinajstić information content (AvgIpc) is 2.37. The molecule has 1 aromatic carbocycles. The van der Waals surface area contributed by atoms with Gasteiger partial charge in [0.2, 0.25) is 5.91 Å². The third-order valence-corrected chi connectivity index (χ3v) is 2.53. The molecule has 116 valence electrons. The lowest BCUT2D eigenvalue weighted by Crippen LogP contribution is -2.43. The van der Waals surface area contributed by atoms with Crippen molar-refractivity contribution in [2.24, 2.45) is 0 Å². The number of anilines is 1. The predicted octanol–water partition coefficient (Wildman–Crippen LogP) is 2.03. The van der Waals surface area contributed by atoms with Gasteiger partial charge in [0.25, 0.3) is 0 Å². The highest BCUT2D eigenvalue weighted by Gasteiger charge is 2.20. The van der Waals surface area contributed by atoms with Crippen LogP contribution in [0.25, 0.3) is 0 Å². The molecule has 6 nitrogen and oxygen atoms in total. The Labute approximate surface area is 124 Å². The molecule has 0 fully saturated rings. The van der Waals surface area contributed by atoms with E-state index in [1.165, 1.54) is 0 Å². The van der Waals surface area contributed by atoms with Gasteiger partial charge in [-0.25, -0.2) is 4.79 Å². The molecule has 6 heteroatoms. The fourth-order valence-corrected chi connectivity index (χ4v) is 1.49. The number of amides is 2. The van der Waals surface area contributed by atoms with Crippen molar-refractivity contribution in [2.75, 3.05) is 5.32 Å². The van der Waals surface area contributed by atoms with E-state index >= 15 is 0 Å². The number of hydrogen-bond acceptors (Lipinski definition) is 4. The van der Waals surface area contributed by atoms with Gasteiger partial charge < -0.3 is 20.5 Å². The van der Waals surface area contributed by atoms with Crippen LogP contribution in [0, 0.1) is 0 Å². The molecule has 1 rings (SSSR count). The summed E-state index contributed by atoms with van der Waals surface area (Å²) < 4.78 is 5.08. The monoisotopic (exact) mass is 294 g/mol. The standard InChI is InChI=1S/C15H22N2O4/c1-10(16-14(20)21-15(2,3)4)13(19)17-12-7-5-11(9-18)6-8-12/h5-8,10,18H,9H2,1-4H3,(H,16,20)(H,17,19). The third-order valence-electron chi connectivity index (χ3n) is 2.53. The van der Waals surface area contributed by atoms with E-state index in [1.807, 2.05) is 0 Å². The number of carbonyl (C=O) groups is 2. The predicted molar refractivity (Wildman–Crippen MR) is 79.8 cm³/mol. The van der Waals surface area contributed by atoms with E-state index in [0.717, 1.165) is 5.56 Å². The molecule has 0 radical (unpaired) electrons. The lowest BCUT2D eigenvalue weighted by molar-refractivity contribution is -0.117. The van der Waals surface area contributed by atoms with Crippen LogP contribution in [0.3, 0.4) is 0 Å². The molecule has 0 aliphatic carbocycles. The van der Waals surface area contributed by atoms with Crippen molar-refractivity contribution < 1.29 is 19.4 Å². The Morgan fingerprint density at radius 2 is 1.81 bits per heavy atom. The van der Waals surface area contributed by atoms with Crippen LogP contribution in [0.1, 0.15) is 33.3 Å². The first kappa shape index (κ1) is 17.0. The molecule has 0 aliphatic heterocycles. The first-order valence-corrected chi connectivity index (χ1v) is 6.71. The van der Waals surface area contributed by atoms with Gasteiger partial charge in [-0.3, -0.25) is 4.79 Å². The van der Waals surface area contributed by atoms with Gasteiger partial charge in [-0.1, -0.05) is 12.1 Å². The van der Waals surface area contributed by atoms with E-state index in [-0.39, 0.29) is 12.5 Å². The number of benzene rings is 1. The highest BCUT2D eigenvalue weighted by Crippen LogP contribution is 2.10. The highest BCUT2D eigenvalue weighted by molar-refractivity contribution is 5.96. The number of aliphatic hydroxyl groups is 1. The van der Waals surface area contributed by atoms with Crippen molar-refractivity contribution in [3.8, 4) is 0 Å². The molecule has 0 heterocycles. The maximum atomic E-state index is 11.9. The van der Waals surface area contributed by atoms with E-state index in [4.69, 9.17) is 9.84 Å². The van der Waals surface area contributed by atoms with Gasteiger partial charge in [-0.2, -0.15) is 0 Å². The zero-order chi connectivity index (χ0) is 16.0. The number of nitrogens with one attached hydrogen (secondary N) is 2. The minimum atomic E-state index is -0.725. The molecule has 2 amide bonds.